The van der Waals surface area contributed by atoms with Gasteiger partial charge in [-0.1, -0.05) is 20.8 Å². The maximum absolute atomic E-state index is 13.7. The second-order valence-electron chi connectivity index (χ2n) is 9.30. The lowest BCUT2D eigenvalue weighted by atomic mass is 9.82. The molecule has 8 heteroatoms. The van der Waals surface area contributed by atoms with E-state index in [4.69, 9.17) is 0 Å². The molecule has 150 valence electrons. The Labute approximate surface area is 157 Å². The van der Waals surface area contributed by atoms with Gasteiger partial charge in [-0.2, -0.15) is 18.3 Å². The van der Waals surface area contributed by atoms with E-state index in [9.17, 15) is 18.0 Å². The summed E-state index contributed by atoms with van der Waals surface area (Å²) in [5, 5.41) is 7.61. The number of carbonyl (C=O) groups excluding carboxylic acids is 1. The van der Waals surface area contributed by atoms with Crippen molar-refractivity contribution < 1.29 is 18.0 Å². The Bertz CT molecular complexity index is 732. The summed E-state index contributed by atoms with van der Waals surface area (Å²) in [6.07, 6.45) is -1.69. The zero-order valence-electron chi connectivity index (χ0n) is 16.0. The fourth-order valence-electron chi connectivity index (χ4n) is 4.15. The van der Waals surface area contributed by atoms with Gasteiger partial charge in [-0.3, -0.25) is 4.79 Å². The van der Waals surface area contributed by atoms with Crippen LogP contribution >= 0.6 is 0 Å². The molecule has 1 amide bonds. The minimum Gasteiger partial charge on any atom is -0.367 e. The van der Waals surface area contributed by atoms with Gasteiger partial charge in [0.05, 0.1) is 5.69 Å². The van der Waals surface area contributed by atoms with Gasteiger partial charge in [0.2, 0.25) is 5.91 Å². The predicted octanol–water partition coefficient (Wildman–Crippen LogP) is 3.94. The molecule has 0 radical (unpaired) electrons. The van der Waals surface area contributed by atoms with Crippen molar-refractivity contribution in [2.24, 2.45) is 11.3 Å². The monoisotopic (exact) mass is 384 g/mol. The van der Waals surface area contributed by atoms with Crippen LogP contribution in [0.5, 0.6) is 0 Å². The Kier molecular flexibility index (Phi) is 4.23. The van der Waals surface area contributed by atoms with Crippen LogP contribution in [0.25, 0.3) is 0 Å². The fraction of sp³-hybridized carbons (Fsp3) is 0.789. The van der Waals surface area contributed by atoms with Gasteiger partial charge in [0.25, 0.3) is 0 Å². The fourth-order valence-corrected chi connectivity index (χ4v) is 4.15. The SMILES string of the molecule is CC(C)(C)[C@@H]1C[C@H](C(F)(F)F)n2nc([C@H]3CCN(C(=O)C4CC4)C3)cc2N1. The van der Waals surface area contributed by atoms with Gasteiger partial charge in [-0.05, 0) is 31.1 Å². The Balaban J connectivity index is 1.57. The summed E-state index contributed by atoms with van der Waals surface area (Å²) in [5.41, 5.74) is 0.368. The molecule has 0 aromatic carbocycles. The highest BCUT2D eigenvalue weighted by atomic mass is 19.4. The van der Waals surface area contributed by atoms with Crippen LogP contribution in [0.3, 0.4) is 0 Å². The molecular formula is C19H27F3N4O. The van der Waals surface area contributed by atoms with Gasteiger partial charge in [0.15, 0.2) is 6.04 Å². The zero-order chi connectivity index (χ0) is 19.6. The molecule has 5 nitrogen and oxygen atoms in total. The van der Waals surface area contributed by atoms with Crippen molar-refractivity contribution in [3.63, 3.8) is 0 Å². The van der Waals surface area contributed by atoms with Crippen LogP contribution in [-0.4, -0.2) is 45.9 Å². The smallest absolute Gasteiger partial charge is 0.367 e. The number of aromatic nitrogens is 2. The third-order valence-corrected chi connectivity index (χ3v) is 6.10. The van der Waals surface area contributed by atoms with Crippen LogP contribution in [0, 0.1) is 11.3 Å². The molecule has 2 aliphatic heterocycles. The summed E-state index contributed by atoms with van der Waals surface area (Å²) in [7, 11) is 0. The van der Waals surface area contributed by atoms with E-state index in [2.05, 4.69) is 10.4 Å². The Hall–Kier alpha value is -1.73. The van der Waals surface area contributed by atoms with Crippen molar-refractivity contribution in [1.29, 1.82) is 0 Å². The number of fused-ring (bicyclic) bond motifs is 1. The molecule has 2 fully saturated rings. The summed E-state index contributed by atoms with van der Waals surface area (Å²) in [5.74, 6) is 0.809. The summed E-state index contributed by atoms with van der Waals surface area (Å²) in [6.45, 7) is 7.07. The summed E-state index contributed by atoms with van der Waals surface area (Å²) < 4.78 is 42.2. The average Bonchev–Trinajstić information content (AvgIpc) is 3.13. The van der Waals surface area contributed by atoms with Crippen LogP contribution in [0.4, 0.5) is 19.0 Å². The second kappa shape index (κ2) is 6.14. The van der Waals surface area contributed by atoms with Crippen molar-refractivity contribution >= 4 is 11.7 Å². The van der Waals surface area contributed by atoms with Gasteiger partial charge in [-0.15, -0.1) is 0 Å². The molecule has 1 aromatic heterocycles. The minimum absolute atomic E-state index is 0.00886. The average molecular weight is 384 g/mol. The number of hydrogen-bond acceptors (Lipinski definition) is 3. The largest absolute Gasteiger partial charge is 0.410 e. The molecule has 4 rings (SSSR count). The van der Waals surface area contributed by atoms with E-state index in [0.29, 0.717) is 24.6 Å². The summed E-state index contributed by atoms with van der Waals surface area (Å²) >= 11 is 0. The van der Waals surface area contributed by atoms with E-state index < -0.39 is 12.2 Å². The number of hydrogen-bond donors (Lipinski definition) is 1. The molecule has 1 aromatic rings. The number of nitrogens with one attached hydrogen (secondary N) is 1. The molecule has 1 N–H and O–H groups in total. The number of carbonyl (C=O) groups is 1. The number of alkyl halides is 3. The Morgan fingerprint density at radius 3 is 2.52 bits per heavy atom. The number of likely N-dealkylation sites (tertiary alicyclic amines) is 1. The highest BCUT2D eigenvalue weighted by molar-refractivity contribution is 5.81. The quantitative estimate of drug-likeness (QED) is 0.840. The maximum Gasteiger partial charge on any atom is 0.410 e. The molecule has 1 saturated carbocycles. The summed E-state index contributed by atoms with van der Waals surface area (Å²) in [6, 6.07) is -0.137. The lowest BCUT2D eigenvalue weighted by Crippen LogP contribution is -2.44. The first kappa shape index (κ1) is 18.6. The molecule has 27 heavy (non-hydrogen) atoms. The van der Waals surface area contributed by atoms with Crippen molar-refractivity contribution in [3.8, 4) is 0 Å². The normalized spacial score (nSPS) is 28.8. The van der Waals surface area contributed by atoms with E-state index in [1.54, 1.807) is 6.07 Å². The van der Waals surface area contributed by atoms with E-state index in [-0.39, 0.29) is 35.6 Å². The van der Waals surface area contributed by atoms with E-state index in [1.807, 2.05) is 25.7 Å². The zero-order valence-corrected chi connectivity index (χ0v) is 16.0. The molecule has 0 unspecified atom stereocenters. The predicted molar refractivity (Wildman–Crippen MR) is 95.5 cm³/mol. The Morgan fingerprint density at radius 2 is 1.93 bits per heavy atom. The van der Waals surface area contributed by atoms with Crippen molar-refractivity contribution in [2.75, 3.05) is 18.4 Å². The first-order valence-corrected chi connectivity index (χ1v) is 9.75. The number of anilines is 1. The number of nitrogens with zero attached hydrogens (tertiary/aromatic N) is 3. The van der Waals surface area contributed by atoms with Gasteiger partial charge in [0.1, 0.15) is 5.82 Å². The minimum atomic E-state index is -4.34. The van der Waals surface area contributed by atoms with Crippen molar-refractivity contribution in [3.05, 3.63) is 11.8 Å². The highest BCUT2D eigenvalue weighted by Gasteiger charge is 2.48. The Morgan fingerprint density at radius 1 is 1.22 bits per heavy atom. The van der Waals surface area contributed by atoms with Crippen LogP contribution in [0.2, 0.25) is 0 Å². The van der Waals surface area contributed by atoms with Crippen molar-refractivity contribution in [1.82, 2.24) is 14.7 Å². The lowest BCUT2D eigenvalue weighted by molar-refractivity contribution is -0.175. The van der Waals surface area contributed by atoms with Gasteiger partial charge < -0.3 is 10.2 Å². The van der Waals surface area contributed by atoms with Crippen LogP contribution in [-0.2, 0) is 4.79 Å². The van der Waals surface area contributed by atoms with Gasteiger partial charge >= 0.3 is 6.18 Å². The third kappa shape index (κ3) is 3.55. The molecule has 3 heterocycles. The van der Waals surface area contributed by atoms with Gasteiger partial charge in [-0.25, -0.2) is 4.68 Å². The number of halogens is 3. The topological polar surface area (TPSA) is 50.2 Å². The first-order chi connectivity index (χ1) is 12.5. The summed E-state index contributed by atoms with van der Waals surface area (Å²) in [4.78, 5) is 14.1. The van der Waals surface area contributed by atoms with Gasteiger partial charge in [0, 0.05) is 37.0 Å². The van der Waals surface area contributed by atoms with E-state index >= 15 is 0 Å². The molecule has 3 aliphatic rings. The van der Waals surface area contributed by atoms with Crippen LogP contribution in [0.15, 0.2) is 6.07 Å². The molecule has 0 spiro atoms. The number of rotatable bonds is 2. The molecule has 3 atom stereocenters. The van der Waals surface area contributed by atoms with Crippen molar-refractivity contribution in [2.45, 2.75) is 70.6 Å². The highest BCUT2D eigenvalue weighted by Crippen LogP contribution is 2.44. The lowest BCUT2D eigenvalue weighted by Gasteiger charge is -2.39. The molecule has 0 bridgehead atoms. The molecule has 1 saturated heterocycles. The van der Waals surface area contributed by atoms with Crippen LogP contribution in [0.1, 0.15) is 64.1 Å². The standard InChI is InChI=1S/C19H27F3N4O/c1-18(2,3)14-9-15(19(20,21)22)26-16(23-14)8-13(24-26)12-6-7-25(10-12)17(27)11-4-5-11/h8,11-12,14-15,23H,4-7,9-10H2,1-3H3/t12-,14-,15+/m0/s1. The maximum atomic E-state index is 13.7. The molecular weight excluding hydrogens is 357 g/mol. The second-order valence-corrected chi connectivity index (χ2v) is 9.30. The number of amides is 1. The van der Waals surface area contributed by atoms with Crippen LogP contribution < -0.4 is 5.32 Å². The first-order valence-electron chi connectivity index (χ1n) is 9.75. The molecule has 1 aliphatic carbocycles. The van der Waals surface area contributed by atoms with E-state index in [0.717, 1.165) is 23.9 Å². The van der Waals surface area contributed by atoms with E-state index in [1.165, 1.54) is 0 Å². The third-order valence-electron chi connectivity index (χ3n) is 6.10.